The molecule has 0 unspecified atom stereocenters. The maximum absolute atomic E-state index is 12.6. The molecule has 22 heavy (non-hydrogen) atoms. The first-order valence-electron chi connectivity index (χ1n) is 8.05. The Morgan fingerprint density at radius 2 is 1.91 bits per heavy atom. The highest BCUT2D eigenvalue weighted by atomic mass is 32.2. The Labute approximate surface area is 133 Å². The molecule has 1 aromatic carbocycles. The van der Waals surface area contributed by atoms with E-state index in [2.05, 4.69) is 0 Å². The Kier molecular flexibility index (Phi) is 6.15. The van der Waals surface area contributed by atoms with Crippen molar-refractivity contribution in [1.82, 2.24) is 0 Å². The van der Waals surface area contributed by atoms with Crippen LogP contribution in [-0.4, -0.2) is 26.5 Å². The molecule has 1 aromatic rings. The Hall–Kier alpha value is -1.20. The molecule has 5 heteroatoms. The van der Waals surface area contributed by atoms with Crippen LogP contribution in [0.4, 0.5) is 0 Å². The van der Waals surface area contributed by atoms with Gasteiger partial charge < -0.3 is 5.73 Å². The maximum atomic E-state index is 12.6. The summed E-state index contributed by atoms with van der Waals surface area (Å²) in [6.45, 7) is 0.332. The highest BCUT2D eigenvalue weighted by Gasteiger charge is 2.23. The van der Waals surface area contributed by atoms with Crippen molar-refractivity contribution in [2.24, 2.45) is 11.7 Å². The van der Waals surface area contributed by atoms with Crippen LogP contribution >= 0.6 is 0 Å². The summed E-state index contributed by atoms with van der Waals surface area (Å²) in [4.78, 5) is 12.0. The molecular formula is C17H25NO3S. The summed E-state index contributed by atoms with van der Waals surface area (Å²) in [6, 6.07) is 6.80. The van der Waals surface area contributed by atoms with Gasteiger partial charge in [0.15, 0.2) is 9.84 Å². The van der Waals surface area contributed by atoms with Gasteiger partial charge in [0.1, 0.15) is 5.78 Å². The Bertz CT molecular complexity index is 604. The zero-order valence-corrected chi connectivity index (χ0v) is 13.8. The smallest absolute Gasteiger partial charge is 0.178 e. The van der Waals surface area contributed by atoms with Crippen molar-refractivity contribution in [2.75, 3.05) is 12.3 Å². The van der Waals surface area contributed by atoms with Gasteiger partial charge in [0, 0.05) is 12.8 Å². The zero-order chi connectivity index (χ0) is 16.0. The molecule has 1 saturated carbocycles. The molecule has 1 aliphatic rings. The zero-order valence-electron chi connectivity index (χ0n) is 13.0. The summed E-state index contributed by atoms with van der Waals surface area (Å²) < 4.78 is 25.1. The van der Waals surface area contributed by atoms with Gasteiger partial charge >= 0.3 is 0 Å². The van der Waals surface area contributed by atoms with E-state index in [0.717, 1.165) is 31.2 Å². The lowest BCUT2D eigenvalue weighted by Gasteiger charge is -2.21. The number of carbonyl (C=O) groups excluding carboxylic acids is 1. The highest BCUT2D eigenvalue weighted by molar-refractivity contribution is 7.91. The number of Topliss-reactive ketones (excluding diaryl/α,β-unsaturated/α-hetero) is 1. The molecule has 0 spiro atoms. The third-order valence-electron chi connectivity index (χ3n) is 4.26. The van der Waals surface area contributed by atoms with E-state index in [4.69, 9.17) is 5.73 Å². The van der Waals surface area contributed by atoms with Crippen molar-refractivity contribution in [1.29, 1.82) is 0 Å². The van der Waals surface area contributed by atoms with Crippen LogP contribution < -0.4 is 5.73 Å². The molecule has 0 aromatic heterocycles. The van der Waals surface area contributed by atoms with Gasteiger partial charge in [-0.1, -0.05) is 31.4 Å². The van der Waals surface area contributed by atoms with E-state index in [-0.39, 0.29) is 23.9 Å². The molecule has 2 N–H and O–H groups in total. The second-order valence-electron chi connectivity index (χ2n) is 6.19. The van der Waals surface area contributed by atoms with Crippen molar-refractivity contribution >= 4 is 15.6 Å². The summed E-state index contributed by atoms with van der Waals surface area (Å²) in [7, 11) is -3.27. The highest BCUT2D eigenvalue weighted by Crippen LogP contribution is 2.27. The fourth-order valence-electron chi connectivity index (χ4n) is 3.09. The number of sulfone groups is 1. The van der Waals surface area contributed by atoms with Crippen LogP contribution in [0, 0.1) is 5.92 Å². The number of ketones is 1. The minimum atomic E-state index is -3.27. The fourth-order valence-corrected chi connectivity index (χ4v) is 4.85. The molecule has 0 aliphatic heterocycles. The maximum Gasteiger partial charge on any atom is 0.178 e. The van der Waals surface area contributed by atoms with Crippen LogP contribution in [0.5, 0.6) is 0 Å². The third-order valence-corrected chi connectivity index (χ3v) is 6.14. The van der Waals surface area contributed by atoms with Crippen molar-refractivity contribution in [2.45, 2.75) is 49.8 Å². The van der Waals surface area contributed by atoms with Crippen LogP contribution in [0.15, 0.2) is 29.2 Å². The lowest BCUT2D eigenvalue weighted by atomic mass is 9.91. The summed E-state index contributed by atoms with van der Waals surface area (Å²) in [5, 5.41) is 0. The number of rotatable bonds is 7. The lowest BCUT2D eigenvalue weighted by molar-refractivity contribution is -0.118. The average molecular weight is 323 g/mol. The molecule has 1 aliphatic carbocycles. The standard InChI is InChI=1S/C17H25NO3S/c18-10-9-16(19)11-15-7-4-8-17(12-15)22(20,21)13-14-5-2-1-3-6-14/h4,7-8,12,14H,1-3,5-6,9-11,13,18H2. The first-order chi connectivity index (χ1) is 10.5. The van der Waals surface area contributed by atoms with Gasteiger partial charge in [-0.15, -0.1) is 0 Å². The molecule has 0 atom stereocenters. The number of nitrogens with two attached hydrogens (primary N) is 1. The van der Waals surface area contributed by atoms with Crippen LogP contribution in [0.2, 0.25) is 0 Å². The van der Waals surface area contributed by atoms with Gasteiger partial charge in [0.25, 0.3) is 0 Å². The van der Waals surface area contributed by atoms with Gasteiger partial charge in [-0.2, -0.15) is 0 Å². The number of hydrogen-bond donors (Lipinski definition) is 1. The Morgan fingerprint density at radius 3 is 2.59 bits per heavy atom. The summed E-state index contributed by atoms with van der Waals surface area (Å²) in [5.41, 5.74) is 6.12. The molecule has 0 heterocycles. The molecule has 4 nitrogen and oxygen atoms in total. The third kappa shape index (κ3) is 4.92. The van der Waals surface area contributed by atoms with E-state index >= 15 is 0 Å². The number of hydrogen-bond acceptors (Lipinski definition) is 4. The predicted molar refractivity (Wildman–Crippen MR) is 87.5 cm³/mol. The topological polar surface area (TPSA) is 77.2 Å². The lowest BCUT2D eigenvalue weighted by Crippen LogP contribution is -2.19. The summed E-state index contributed by atoms with van der Waals surface area (Å²) >= 11 is 0. The first-order valence-corrected chi connectivity index (χ1v) is 9.70. The molecule has 2 rings (SSSR count). The monoisotopic (exact) mass is 323 g/mol. The SMILES string of the molecule is NCCC(=O)Cc1cccc(S(=O)(=O)CC2CCCCC2)c1. The molecule has 0 radical (unpaired) electrons. The van der Waals surface area contributed by atoms with Crippen LogP contribution in [0.25, 0.3) is 0 Å². The van der Waals surface area contributed by atoms with Crippen LogP contribution in [-0.2, 0) is 21.1 Å². The molecule has 122 valence electrons. The van der Waals surface area contributed by atoms with Crippen LogP contribution in [0.1, 0.15) is 44.1 Å². The quantitative estimate of drug-likeness (QED) is 0.836. The largest absolute Gasteiger partial charge is 0.330 e. The van der Waals surface area contributed by atoms with E-state index in [1.54, 1.807) is 24.3 Å². The Morgan fingerprint density at radius 1 is 1.18 bits per heavy atom. The van der Waals surface area contributed by atoms with E-state index in [9.17, 15) is 13.2 Å². The predicted octanol–water partition coefficient (Wildman–Crippen LogP) is 2.50. The normalized spacial score (nSPS) is 16.6. The Balaban J connectivity index is 2.08. The van der Waals surface area contributed by atoms with Gasteiger partial charge in [0.2, 0.25) is 0 Å². The van der Waals surface area contributed by atoms with E-state index < -0.39 is 9.84 Å². The molecule has 1 fully saturated rings. The van der Waals surface area contributed by atoms with E-state index in [1.807, 2.05) is 0 Å². The first kappa shape index (κ1) is 17.2. The summed E-state index contributed by atoms with van der Waals surface area (Å²) in [6.07, 6.45) is 6.09. The average Bonchev–Trinajstić information content (AvgIpc) is 2.48. The van der Waals surface area contributed by atoms with Gasteiger partial charge in [0.05, 0.1) is 10.6 Å². The second-order valence-corrected chi connectivity index (χ2v) is 8.22. The van der Waals surface area contributed by atoms with Crippen molar-refractivity contribution in [3.8, 4) is 0 Å². The molecule has 0 amide bonds. The van der Waals surface area contributed by atoms with E-state index in [0.29, 0.717) is 17.9 Å². The second kappa shape index (κ2) is 7.88. The number of carbonyl (C=O) groups is 1. The number of benzene rings is 1. The van der Waals surface area contributed by atoms with Crippen LogP contribution in [0.3, 0.4) is 0 Å². The molecular weight excluding hydrogens is 298 g/mol. The van der Waals surface area contributed by atoms with Crippen molar-refractivity contribution in [3.05, 3.63) is 29.8 Å². The van der Waals surface area contributed by atoms with Gasteiger partial charge in [-0.25, -0.2) is 8.42 Å². The van der Waals surface area contributed by atoms with Crippen molar-refractivity contribution in [3.63, 3.8) is 0 Å². The summed E-state index contributed by atoms with van der Waals surface area (Å²) in [5.74, 6) is 0.554. The van der Waals surface area contributed by atoms with Gasteiger partial charge in [-0.3, -0.25) is 4.79 Å². The van der Waals surface area contributed by atoms with Crippen molar-refractivity contribution < 1.29 is 13.2 Å². The molecule has 0 bridgehead atoms. The fraction of sp³-hybridized carbons (Fsp3) is 0.588. The van der Waals surface area contributed by atoms with Gasteiger partial charge in [-0.05, 0) is 43.0 Å². The molecule has 0 saturated heterocycles. The minimum Gasteiger partial charge on any atom is -0.330 e. The van der Waals surface area contributed by atoms with E-state index in [1.165, 1.54) is 6.42 Å². The minimum absolute atomic E-state index is 0.0457.